The molecule has 0 fully saturated rings. The minimum atomic E-state index is -0.484. The molecule has 1 aromatic rings. The summed E-state index contributed by atoms with van der Waals surface area (Å²) in [5.74, 6) is 0.457. The molecular formula is C13H21NO2. The van der Waals surface area contributed by atoms with Crippen molar-refractivity contribution in [2.45, 2.75) is 44.8 Å². The van der Waals surface area contributed by atoms with Crippen molar-refractivity contribution in [3.05, 3.63) is 29.8 Å². The van der Waals surface area contributed by atoms with Gasteiger partial charge >= 0.3 is 0 Å². The van der Waals surface area contributed by atoms with Crippen LogP contribution in [0.25, 0.3) is 0 Å². The van der Waals surface area contributed by atoms with Gasteiger partial charge in [0.15, 0.2) is 0 Å². The predicted molar refractivity (Wildman–Crippen MR) is 65.4 cm³/mol. The molecule has 0 heterocycles. The Labute approximate surface area is 96.9 Å². The van der Waals surface area contributed by atoms with Gasteiger partial charge in [-0.1, -0.05) is 26.0 Å². The first-order chi connectivity index (χ1) is 7.54. The molecule has 0 aliphatic rings. The standard InChI is InChI=1S/C13H21NO2/c1-3-12(14)13(16)7-9(2)10-5-4-6-11(15)8-10/h4-6,8-9,12-13,15-16H,3,7,14H2,1-2H3. The van der Waals surface area contributed by atoms with Crippen LogP contribution in [0.15, 0.2) is 24.3 Å². The molecule has 16 heavy (non-hydrogen) atoms. The molecule has 0 saturated heterocycles. The Morgan fingerprint density at radius 3 is 2.62 bits per heavy atom. The summed E-state index contributed by atoms with van der Waals surface area (Å²) in [6.45, 7) is 3.99. The highest BCUT2D eigenvalue weighted by Gasteiger charge is 2.17. The quantitative estimate of drug-likeness (QED) is 0.715. The maximum absolute atomic E-state index is 9.83. The minimum absolute atomic E-state index is 0.167. The molecule has 1 rings (SSSR count). The third-order valence-electron chi connectivity index (χ3n) is 3.00. The maximum atomic E-state index is 9.83. The van der Waals surface area contributed by atoms with Crippen LogP contribution in [-0.2, 0) is 0 Å². The predicted octanol–water partition coefficient (Wildman–Crippen LogP) is 1.98. The van der Waals surface area contributed by atoms with Gasteiger partial charge in [0.25, 0.3) is 0 Å². The molecule has 3 nitrogen and oxygen atoms in total. The zero-order chi connectivity index (χ0) is 12.1. The summed E-state index contributed by atoms with van der Waals surface area (Å²) in [4.78, 5) is 0. The van der Waals surface area contributed by atoms with Crippen LogP contribution in [0, 0.1) is 0 Å². The molecule has 0 radical (unpaired) electrons. The van der Waals surface area contributed by atoms with Crippen molar-refractivity contribution in [2.75, 3.05) is 0 Å². The number of aliphatic hydroxyl groups is 1. The zero-order valence-electron chi connectivity index (χ0n) is 9.93. The fraction of sp³-hybridized carbons (Fsp3) is 0.538. The number of hydrogen-bond acceptors (Lipinski definition) is 3. The smallest absolute Gasteiger partial charge is 0.115 e. The van der Waals surface area contributed by atoms with E-state index in [1.165, 1.54) is 0 Å². The third-order valence-corrected chi connectivity index (χ3v) is 3.00. The monoisotopic (exact) mass is 223 g/mol. The number of aliphatic hydroxyl groups excluding tert-OH is 1. The van der Waals surface area contributed by atoms with Gasteiger partial charge in [-0.2, -0.15) is 0 Å². The molecule has 0 amide bonds. The van der Waals surface area contributed by atoms with E-state index in [1.807, 2.05) is 26.0 Å². The number of phenolic OH excluding ortho intramolecular Hbond substituents is 1. The highest BCUT2D eigenvalue weighted by molar-refractivity contribution is 5.29. The number of aromatic hydroxyl groups is 1. The molecule has 3 unspecified atom stereocenters. The van der Waals surface area contributed by atoms with E-state index in [-0.39, 0.29) is 17.7 Å². The van der Waals surface area contributed by atoms with Crippen molar-refractivity contribution < 1.29 is 10.2 Å². The van der Waals surface area contributed by atoms with Crippen LogP contribution in [0.2, 0.25) is 0 Å². The van der Waals surface area contributed by atoms with E-state index in [2.05, 4.69) is 0 Å². The summed E-state index contributed by atoms with van der Waals surface area (Å²) < 4.78 is 0. The van der Waals surface area contributed by atoms with Crippen LogP contribution in [0.4, 0.5) is 0 Å². The zero-order valence-corrected chi connectivity index (χ0v) is 9.93. The Kier molecular flexibility index (Phi) is 4.77. The van der Waals surface area contributed by atoms with Crippen molar-refractivity contribution in [3.63, 3.8) is 0 Å². The molecule has 0 saturated carbocycles. The van der Waals surface area contributed by atoms with Crippen LogP contribution in [0.1, 0.15) is 38.2 Å². The number of phenols is 1. The summed E-state index contributed by atoms with van der Waals surface area (Å²) in [5.41, 5.74) is 6.80. The first-order valence-corrected chi connectivity index (χ1v) is 5.77. The van der Waals surface area contributed by atoms with Crippen LogP contribution >= 0.6 is 0 Å². The third kappa shape index (κ3) is 3.51. The Bertz CT molecular complexity index is 327. The van der Waals surface area contributed by atoms with E-state index in [4.69, 9.17) is 5.73 Å². The summed E-state index contributed by atoms with van der Waals surface area (Å²) >= 11 is 0. The SMILES string of the molecule is CCC(N)C(O)CC(C)c1cccc(O)c1. The topological polar surface area (TPSA) is 66.5 Å². The van der Waals surface area contributed by atoms with Crippen molar-refractivity contribution in [1.29, 1.82) is 0 Å². The first kappa shape index (κ1) is 13.0. The maximum Gasteiger partial charge on any atom is 0.115 e. The minimum Gasteiger partial charge on any atom is -0.508 e. The van der Waals surface area contributed by atoms with Crippen LogP contribution in [0.3, 0.4) is 0 Å². The summed E-state index contributed by atoms with van der Waals surface area (Å²) in [6, 6.07) is 6.97. The largest absolute Gasteiger partial charge is 0.508 e. The highest BCUT2D eigenvalue weighted by atomic mass is 16.3. The Morgan fingerprint density at radius 1 is 1.38 bits per heavy atom. The average molecular weight is 223 g/mol. The van der Waals surface area contributed by atoms with Crippen molar-refractivity contribution in [3.8, 4) is 5.75 Å². The molecule has 1 aromatic carbocycles. The van der Waals surface area contributed by atoms with Crippen LogP contribution in [0.5, 0.6) is 5.75 Å². The number of hydrogen-bond donors (Lipinski definition) is 3. The van der Waals surface area contributed by atoms with Gasteiger partial charge in [0.1, 0.15) is 5.75 Å². The van der Waals surface area contributed by atoms with E-state index >= 15 is 0 Å². The van der Waals surface area contributed by atoms with Gasteiger partial charge in [-0.25, -0.2) is 0 Å². The molecular weight excluding hydrogens is 202 g/mol. The number of benzene rings is 1. The van der Waals surface area contributed by atoms with E-state index in [9.17, 15) is 10.2 Å². The van der Waals surface area contributed by atoms with Gasteiger partial charge in [-0.3, -0.25) is 0 Å². The van der Waals surface area contributed by atoms with Gasteiger partial charge in [-0.05, 0) is 36.5 Å². The van der Waals surface area contributed by atoms with Crippen molar-refractivity contribution in [2.24, 2.45) is 5.73 Å². The van der Waals surface area contributed by atoms with E-state index in [0.717, 1.165) is 12.0 Å². The van der Waals surface area contributed by atoms with Gasteiger partial charge in [0.05, 0.1) is 6.10 Å². The summed E-state index contributed by atoms with van der Waals surface area (Å²) in [6.07, 6.45) is 0.911. The molecule has 3 heteroatoms. The van der Waals surface area contributed by atoms with Gasteiger partial charge in [0, 0.05) is 6.04 Å². The van der Waals surface area contributed by atoms with Crippen molar-refractivity contribution in [1.82, 2.24) is 0 Å². The molecule has 3 atom stereocenters. The lowest BCUT2D eigenvalue weighted by Crippen LogP contribution is -2.34. The molecule has 0 aromatic heterocycles. The van der Waals surface area contributed by atoms with Crippen LogP contribution in [-0.4, -0.2) is 22.4 Å². The lowest BCUT2D eigenvalue weighted by molar-refractivity contribution is 0.126. The number of nitrogens with two attached hydrogens (primary N) is 1. The fourth-order valence-corrected chi connectivity index (χ4v) is 1.78. The van der Waals surface area contributed by atoms with E-state index in [0.29, 0.717) is 6.42 Å². The molecule has 0 aliphatic heterocycles. The summed E-state index contributed by atoms with van der Waals surface area (Å²) in [7, 11) is 0. The highest BCUT2D eigenvalue weighted by Crippen LogP contribution is 2.24. The first-order valence-electron chi connectivity index (χ1n) is 5.77. The van der Waals surface area contributed by atoms with E-state index < -0.39 is 6.10 Å². The Hall–Kier alpha value is -1.06. The second-order valence-corrected chi connectivity index (χ2v) is 4.37. The second kappa shape index (κ2) is 5.87. The average Bonchev–Trinajstić information content (AvgIpc) is 2.27. The Balaban J connectivity index is 2.61. The van der Waals surface area contributed by atoms with Crippen molar-refractivity contribution >= 4 is 0 Å². The van der Waals surface area contributed by atoms with Gasteiger partial charge < -0.3 is 15.9 Å². The normalized spacial score (nSPS) is 16.8. The summed E-state index contributed by atoms with van der Waals surface area (Å²) in [5, 5.41) is 19.2. The van der Waals surface area contributed by atoms with Gasteiger partial charge in [-0.15, -0.1) is 0 Å². The molecule has 4 N–H and O–H groups in total. The van der Waals surface area contributed by atoms with Crippen LogP contribution < -0.4 is 5.73 Å². The lowest BCUT2D eigenvalue weighted by atomic mass is 9.92. The second-order valence-electron chi connectivity index (χ2n) is 4.37. The molecule has 90 valence electrons. The van der Waals surface area contributed by atoms with Gasteiger partial charge in [0.2, 0.25) is 0 Å². The van der Waals surface area contributed by atoms with E-state index in [1.54, 1.807) is 12.1 Å². The fourth-order valence-electron chi connectivity index (χ4n) is 1.78. The molecule has 0 bridgehead atoms. The molecule has 0 spiro atoms. The number of rotatable bonds is 5. The Morgan fingerprint density at radius 2 is 2.06 bits per heavy atom. The lowest BCUT2D eigenvalue weighted by Gasteiger charge is -2.21. The molecule has 0 aliphatic carbocycles.